The summed E-state index contributed by atoms with van der Waals surface area (Å²) in [5, 5.41) is 39.8. The third-order valence-electron chi connectivity index (χ3n) is 10.8. The van der Waals surface area contributed by atoms with Crippen molar-refractivity contribution < 1.29 is 34.7 Å². The van der Waals surface area contributed by atoms with Crippen molar-refractivity contribution >= 4 is 5.97 Å². The van der Waals surface area contributed by atoms with Gasteiger partial charge >= 0.3 is 5.97 Å². The first-order valence-corrected chi connectivity index (χ1v) is 15.7. The van der Waals surface area contributed by atoms with Crippen molar-refractivity contribution in [3.05, 3.63) is 47.6 Å². The van der Waals surface area contributed by atoms with Crippen molar-refractivity contribution in [1.82, 2.24) is 0 Å². The van der Waals surface area contributed by atoms with Gasteiger partial charge in [-0.3, -0.25) is 0 Å². The van der Waals surface area contributed by atoms with E-state index in [0.717, 1.165) is 24.0 Å². The molecule has 0 aromatic carbocycles. The van der Waals surface area contributed by atoms with E-state index in [-0.39, 0.29) is 6.10 Å². The Morgan fingerprint density at radius 1 is 1.02 bits per heavy atom. The number of fused-ring (bicyclic) bond motifs is 1. The van der Waals surface area contributed by atoms with E-state index in [2.05, 4.69) is 65.5 Å². The topological polar surface area (TPSA) is 116 Å². The summed E-state index contributed by atoms with van der Waals surface area (Å²) in [4.78, 5) is 11.5. The number of aliphatic hydroxyl groups is 3. The van der Waals surface area contributed by atoms with Gasteiger partial charge in [-0.2, -0.15) is 0 Å². The summed E-state index contributed by atoms with van der Waals surface area (Å²) in [6.07, 6.45) is 9.19. The smallest absolute Gasteiger partial charge is 0.335 e. The van der Waals surface area contributed by atoms with Crippen molar-refractivity contribution in [3.63, 3.8) is 0 Å². The molecule has 1 heterocycles. The van der Waals surface area contributed by atoms with Crippen LogP contribution in [0.15, 0.2) is 47.6 Å². The van der Waals surface area contributed by atoms with Crippen LogP contribution in [0.2, 0.25) is 0 Å². The highest BCUT2D eigenvalue weighted by atomic mass is 16.7. The summed E-state index contributed by atoms with van der Waals surface area (Å²) in [5.41, 5.74) is 3.99. The monoisotopic (exact) mass is 572 g/mol. The second-order valence-corrected chi connectivity index (χ2v) is 13.7. The molecule has 1 aliphatic heterocycles. The Morgan fingerprint density at radius 2 is 1.76 bits per heavy atom. The number of aliphatic hydroxyl groups excluding tert-OH is 3. The number of allylic oxidation sites excluding steroid dienone is 6. The Hall–Kier alpha value is -1.77. The fraction of sp³-hybridized carbons (Fsp3) is 0.735. The molecule has 0 radical (unpaired) electrons. The molecular formula is C34H52O7. The van der Waals surface area contributed by atoms with E-state index < -0.39 is 36.7 Å². The molecule has 230 valence electrons. The molecule has 41 heavy (non-hydrogen) atoms. The second kappa shape index (κ2) is 13.3. The van der Waals surface area contributed by atoms with Crippen LogP contribution in [0.4, 0.5) is 0 Å². The molecule has 3 aliphatic carbocycles. The minimum atomic E-state index is -1.73. The zero-order valence-electron chi connectivity index (χ0n) is 25.5. The minimum Gasteiger partial charge on any atom is -0.479 e. The van der Waals surface area contributed by atoms with Gasteiger partial charge in [0.05, 0.1) is 6.10 Å². The third kappa shape index (κ3) is 6.91. The molecule has 0 amide bonds. The van der Waals surface area contributed by atoms with Crippen molar-refractivity contribution in [2.75, 3.05) is 0 Å². The lowest BCUT2D eigenvalue weighted by Crippen LogP contribution is -2.60. The number of hydrogen-bond acceptors (Lipinski definition) is 6. The first-order chi connectivity index (χ1) is 19.3. The lowest BCUT2D eigenvalue weighted by atomic mass is 9.61. The quantitative estimate of drug-likeness (QED) is 0.282. The van der Waals surface area contributed by atoms with Crippen LogP contribution in [0.5, 0.6) is 0 Å². The van der Waals surface area contributed by atoms with Crippen LogP contribution in [-0.2, 0) is 14.3 Å². The predicted molar refractivity (Wildman–Crippen MR) is 159 cm³/mol. The fourth-order valence-corrected chi connectivity index (χ4v) is 7.70. The highest BCUT2D eigenvalue weighted by molar-refractivity contribution is 5.73. The van der Waals surface area contributed by atoms with Crippen molar-refractivity contribution in [2.45, 2.75) is 123 Å². The molecule has 4 aliphatic rings. The third-order valence-corrected chi connectivity index (χ3v) is 10.8. The molecule has 11 atom stereocenters. The van der Waals surface area contributed by atoms with Gasteiger partial charge in [0.2, 0.25) is 0 Å². The molecule has 0 unspecified atom stereocenters. The summed E-state index contributed by atoms with van der Waals surface area (Å²) >= 11 is 0. The molecule has 4 fully saturated rings. The summed E-state index contributed by atoms with van der Waals surface area (Å²) in [5.74, 6) is 1.68. The van der Waals surface area contributed by atoms with Crippen LogP contribution in [-0.4, -0.2) is 63.2 Å². The van der Waals surface area contributed by atoms with Gasteiger partial charge in [0.25, 0.3) is 0 Å². The number of rotatable bonds is 8. The van der Waals surface area contributed by atoms with Crippen LogP contribution in [0.25, 0.3) is 0 Å². The lowest BCUT2D eigenvalue weighted by molar-refractivity contribution is -0.304. The van der Waals surface area contributed by atoms with Gasteiger partial charge in [0, 0.05) is 0 Å². The summed E-state index contributed by atoms with van der Waals surface area (Å²) in [7, 11) is 0. The molecular weight excluding hydrogens is 520 g/mol. The second-order valence-electron chi connectivity index (χ2n) is 13.7. The molecule has 1 saturated heterocycles. The Bertz CT molecular complexity index is 1040. The molecule has 0 spiro atoms. The molecule has 3 saturated carbocycles. The van der Waals surface area contributed by atoms with Crippen molar-refractivity contribution in [2.24, 2.45) is 35.0 Å². The SMILES string of the molecule is C=C1CC[C@@H](O[C@@H]2O[C@H](C(=O)O)[C@@H](O)[C@H](O)[C@H]2O)C/C1=C\C=C1/CCC[C@]2(C)[C@@H]([C@H](C)/C=C/[C@H](C)C(C)C)CC[C@@H]12. The highest BCUT2D eigenvalue weighted by Crippen LogP contribution is 2.59. The Morgan fingerprint density at radius 3 is 2.44 bits per heavy atom. The normalized spacial score (nSPS) is 41.7. The van der Waals surface area contributed by atoms with Crippen LogP contribution in [0.3, 0.4) is 0 Å². The first kappa shape index (κ1) is 32.2. The number of carboxylic acids is 1. The number of hydrogen-bond donors (Lipinski definition) is 4. The van der Waals surface area contributed by atoms with Gasteiger partial charge in [-0.1, -0.05) is 76.6 Å². The van der Waals surface area contributed by atoms with E-state index in [1.165, 1.54) is 31.3 Å². The van der Waals surface area contributed by atoms with Crippen LogP contribution in [0, 0.1) is 35.0 Å². The van der Waals surface area contributed by atoms with E-state index in [4.69, 9.17) is 9.47 Å². The molecule has 4 N–H and O–H groups in total. The molecule has 4 rings (SSSR count). The van der Waals surface area contributed by atoms with Gasteiger partial charge in [-0.05, 0) is 91.9 Å². The Balaban J connectivity index is 1.44. The average molecular weight is 573 g/mol. The maximum atomic E-state index is 11.5. The van der Waals surface area contributed by atoms with E-state index in [1.54, 1.807) is 0 Å². The maximum absolute atomic E-state index is 11.5. The molecule has 7 heteroatoms. The molecule has 0 aromatic rings. The van der Waals surface area contributed by atoms with Gasteiger partial charge < -0.3 is 29.9 Å². The zero-order chi connectivity index (χ0) is 30.1. The van der Waals surface area contributed by atoms with E-state index in [0.29, 0.717) is 47.8 Å². The number of ether oxygens (including phenoxy) is 2. The maximum Gasteiger partial charge on any atom is 0.335 e. The van der Waals surface area contributed by atoms with Gasteiger partial charge in [-0.25, -0.2) is 4.79 Å². The minimum absolute atomic E-state index is 0.309. The Labute approximate surface area is 246 Å². The van der Waals surface area contributed by atoms with Crippen LogP contribution < -0.4 is 0 Å². The summed E-state index contributed by atoms with van der Waals surface area (Å²) in [6, 6.07) is 0. The first-order valence-electron chi connectivity index (χ1n) is 15.7. The van der Waals surface area contributed by atoms with Gasteiger partial charge in [-0.15, -0.1) is 0 Å². The molecule has 0 bridgehead atoms. The van der Waals surface area contributed by atoms with Crippen molar-refractivity contribution in [3.8, 4) is 0 Å². The molecule has 7 nitrogen and oxygen atoms in total. The largest absolute Gasteiger partial charge is 0.479 e. The zero-order valence-corrected chi connectivity index (χ0v) is 25.5. The van der Waals surface area contributed by atoms with Crippen molar-refractivity contribution in [1.29, 1.82) is 0 Å². The predicted octanol–water partition coefficient (Wildman–Crippen LogP) is 5.56. The highest BCUT2D eigenvalue weighted by Gasteiger charge is 2.50. The number of carboxylic acid groups (broad SMARTS) is 1. The summed E-state index contributed by atoms with van der Waals surface area (Å²) < 4.78 is 11.3. The standard InChI is InChI=1S/C34H52O7/c1-19(2)20(3)9-10-22(5)26-15-16-27-23(8-7-17-34(26,27)6)12-13-24-18-25(14-11-21(24)4)40-33-30(37)28(35)29(36)31(41-33)32(38)39/h9-10,12-13,19-20,22,25-31,33,35-37H,4,7-8,11,14-18H2,1-3,5-6H3,(H,38,39)/b10-9+,23-12+,24-13+/t20-,22+,25+,26+,27-,28-,29-,30+,31-,33+,34+/m0/s1. The van der Waals surface area contributed by atoms with Crippen LogP contribution in [0.1, 0.15) is 86.0 Å². The summed E-state index contributed by atoms with van der Waals surface area (Å²) in [6.45, 7) is 16.1. The fourth-order valence-electron chi connectivity index (χ4n) is 7.70. The average Bonchev–Trinajstić information content (AvgIpc) is 3.29. The van der Waals surface area contributed by atoms with Crippen LogP contribution >= 0.6 is 0 Å². The van der Waals surface area contributed by atoms with E-state index >= 15 is 0 Å². The van der Waals surface area contributed by atoms with E-state index in [1.807, 2.05) is 0 Å². The Kier molecular flexibility index (Phi) is 10.4. The van der Waals surface area contributed by atoms with E-state index in [9.17, 15) is 25.2 Å². The number of carbonyl (C=O) groups is 1. The number of aliphatic carboxylic acids is 1. The molecule has 0 aromatic heterocycles. The van der Waals surface area contributed by atoms with Gasteiger partial charge in [0.1, 0.15) is 18.3 Å². The van der Waals surface area contributed by atoms with Gasteiger partial charge in [0.15, 0.2) is 12.4 Å². The lowest BCUT2D eigenvalue weighted by Gasteiger charge is -2.44.